The quantitative estimate of drug-likeness (QED) is 0.328. The number of nitrogens with zero attached hydrogens (tertiary/aromatic N) is 4. The van der Waals surface area contributed by atoms with Crippen molar-refractivity contribution >= 4 is 11.7 Å². The van der Waals surface area contributed by atoms with Crippen molar-refractivity contribution < 1.29 is 23.9 Å². The zero-order valence-corrected chi connectivity index (χ0v) is 25.9. The molecule has 2 bridgehead atoms. The lowest BCUT2D eigenvalue weighted by molar-refractivity contribution is -0.0600. The molecule has 1 aromatic heterocycles. The molecule has 2 heterocycles. The van der Waals surface area contributed by atoms with Gasteiger partial charge in [-0.2, -0.15) is 4.98 Å². The highest BCUT2D eigenvalue weighted by molar-refractivity contribution is 5.93. The van der Waals surface area contributed by atoms with Gasteiger partial charge in [0, 0.05) is 17.6 Å². The van der Waals surface area contributed by atoms with E-state index < -0.39 is 16.9 Å². The summed E-state index contributed by atoms with van der Waals surface area (Å²) in [7, 11) is 0. The number of aromatic nitrogens is 2. The number of likely N-dealkylation sites (tertiary alicyclic amines) is 1. The molecule has 4 aliphatic rings. The Bertz CT molecular complexity index is 1470. The van der Waals surface area contributed by atoms with Crippen molar-refractivity contribution in [1.29, 1.82) is 0 Å². The van der Waals surface area contributed by atoms with Crippen LogP contribution in [0.15, 0.2) is 53.1 Å². The van der Waals surface area contributed by atoms with Gasteiger partial charge in [0.1, 0.15) is 0 Å². The molecule has 230 valence electrons. The average molecular weight is 591 g/mol. The predicted octanol–water partition coefficient (Wildman–Crippen LogP) is 6.45. The molecule has 3 aromatic rings. The number of hydrogen-bond donors (Lipinski definition) is 2. The van der Waals surface area contributed by atoms with E-state index in [-0.39, 0.29) is 22.8 Å². The molecule has 2 amide bonds. The lowest BCUT2D eigenvalue weighted by atomic mass is 9.53. The second-order valence-corrected chi connectivity index (χ2v) is 14.6. The van der Waals surface area contributed by atoms with Gasteiger partial charge in [-0.25, -0.2) is 9.18 Å². The highest BCUT2D eigenvalue weighted by Gasteiger charge is 2.53. The van der Waals surface area contributed by atoms with Gasteiger partial charge in [-0.05, 0) is 107 Å². The van der Waals surface area contributed by atoms with Crippen LogP contribution in [0.1, 0.15) is 90.4 Å². The van der Waals surface area contributed by atoms with Crippen LogP contribution in [-0.4, -0.2) is 56.5 Å². The minimum Gasteiger partial charge on any atom is -0.386 e. The maximum absolute atomic E-state index is 14.5. The topological polar surface area (TPSA) is 103 Å². The number of hydrogen-bond acceptors (Lipinski definition) is 6. The SMILES string of the molecule is CC1(O)CN(C(=O)N(CC23CCC(c4noc(C(C)(C)F)n4)(CC2)CC3)c2cccc(-c3ccc(C(C)(C)O)cc3)c2)C1. The number of alkyl halides is 1. The summed E-state index contributed by atoms with van der Waals surface area (Å²) in [6.45, 7) is 9.34. The van der Waals surface area contributed by atoms with Crippen molar-refractivity contribution in [1.82, 2.24) is 15.0 Å². The van der Waals surface area contributed by atoms with E-state index in [1.807, 2.05) is 47.4 Å². The number of amides is 2. The van der Waals surface area contributed by atoms with Gasteiger partial charge in [0.25, 0.3) is 5.89 Å². The van der Waals surface area contributed by atoms with E-state index >= 15 is 0 Å². The van der Waals surface area contributed by atoms with E-state index in [1.165, 1.54) is 13.8 Å². The number of anilines is 1. The molecule has 0 atom stereocenters. The Morgan fingerprint density at radius 1 is 1.00 bits per heavy atom. The number of fused-ring (bicyclic) bond motifs is 3. The van der Waals surface area contributed by atoms with Crippen LogP contribution >= 0.6 is 0 Å². The molecule has 2 N–H and O–H groups in total. The smallest absolute Gasteiger partial charge is 0.324 e. The molecular formula is C34H43FN4O4. The maximum Gasteiger partial charge on any atom is 0.324 e. The molecule has 0 radical (unpaired) electrons. The van der Waals surface area contributed by atoms with Crippen LogP contribution < -0.4 is 4.90 Å². The molecule has 3 aliphatic carbocycles. The fourth-order valence-electron chi connectivity index (χ4n) is 7.13. The van der Waals surface area contributed by atoms with Gasteiger partial charge < -0.3 is 19.6 Å². The molecule has 7 rings (SSSR count). The summed E-state index contributed by atoms with van der Waals surface area (Å²) in [5.74, 6) is 0.636. The summed E-state index contributed by atoms with van der Waals surface area (Å²) in [6, 6.07) is 15.8. The Morgan fingerprint density at radius 3 is 2.16 bits per heavy atom. The van der Waals surface area contributed by atoms with Crippen molar-refractivity contribution in [3.8, 4) is 11.1 Å². The molecule has 0 spiro atoms. The van der Waals surface area contributed by atoms with E-state index in [2.05, 4.69) is 16.2 Å². The third-order valence-corrected chi connectivity index (χ3v) is 9.95. The molecule has 8 nitrogen and oxygen atoms in total. The van der Waals surface area contributed by atoms with Crippen LogP contribution in [0.3, 0.4) is 0 Å². The zero-order valence-electron chi connectivity index (χ0n) is 25.9. The van der Waals surface area contributed by atoms with Crippen molar-refractivity contribution in [2.75, 3.05) is 24.5 Å². The van der Waals surface area contributed by atoms with Crippen molar-refractivity contribution in [3.05, 3.63) is 65.8 Å². The number of carbonyl (C=O) groups excluding carboxylic acids is 1. The van der Waals surface area contributed by atoms with E-state index in [1.54, 1.807) is 25.7 Å². The second-order valence-electron chi connectivity index (χ2n) is 14.6. The van der Waals surface area contributed by atoms with Gasteiger partial charge in [-0.3, -0.25) is 4.90 Å². The molecule has 4 fully saturated rings. The van der Waals surface area contributed by atoms with Crippen LogP contribution in [0.4, 0.5) is 14.9 Å². The standard InChI is InChI=1S/C34H43FN4O4/c1-30(2,35)28-36-27(37-43-28)34-16-13-33(14-17-34,15-18-34)22-39(29(40)38-20-32(5,42)21-38)26-8-6-7-24(19-26)23-9-11-25(12-10-23)31(3,4)41/h6-12,19,41-42H,13-18,20-22H2,1-5H3. The van der Waals surface area contributed by atoms with Crippen LogP contribution in [0.25, 0.3) is 11.1 Å². The molecule has 0 unspecified atom stereocenters. The first kappa shape index (κ1) is 29.8. The molecule has 3 saturated carbocycles. The summed E-state index contributed by atoms with van der Waals surface area (Å²) >= 11 is 0. The first-order valence-electron chi connectivity index (χ1n) is 15.3. The summed E-state index contributed by atoms with van der Waals surface area (Å²) in [6.07, 6.45) is 5.34. The van der Waals surface area contributed by atoms with Crippen LogP contribution in [0.5, 0.6) is 0 Å². The number of urea groups is 1. The van der Waals surface area contributed by atoms with E-state index in [0.717, 1.165) is 60.9 Å². The molecule has 1 aliphatic heterocycles. The Kier molecular flexibility index (Phi) is 7.01. The Labute approximate surface area is 252 Å². The normalized spacial score (nSPS) is 25.0. The van der Waals surface area contributed by atoms with Crippen LogP contribution in [0, 0.1) is 5.41 Å². The monoisotopic (exact) mass is 590 g/mol. The van der Waals surface area contributed by atoms with Crippen molar-refractivity contribution in [3.63, 3.8) is 0 Å². The minimum atomic E-state index is -1.68. The fraction of sp³-hybridized carbons (Fsp3) is 0.559. The second kappa shape index (κ2) is 10.1. The average Bonchev–Trinajstić information content (AvgIpc) is 3.47. The maximum atomic E-state index is 14.5. The van der Waals surface area contributed by atoms with Crippen molar-refractivity contribution in [2.45, 2.75) is 95.4 Å². The summed E-state index contributed by atoms with van der Waals surface area (Å²) in [5, 5.41) is 25.0. The number of aliphatic hydroxyl groups is 2. The van der Waals surface area contributed by atoms with E-state index in [0.29, 0.717) is 25.5 Å². The van der Waals surface area contributed by atoms with Crippen LogP contribution in [0.2, 0.25) is 0 Å². The van der Waals surface area contributed by atoms with Gasteiger partial charge >= 0.3 is 6.03 Å². The number of benzene rings is 2. The molecular weight excluding hydrogens is 547 g/mol. The third kappa shape index (κ3) is 5.69. The van der Waals surface area contributed by atoms with Gasteiger partial charge in [-0.1, -0.05) is 41.6 Å². The van der Waals surface area contributed by atoms with Crippen molar-refractivity contribution in [2.24, 2.45) is 5.41 Å². The summed E-state index contributed by atoms with van der Waals surface area (Å²) < 4.78 is 19.8. The Balaban J connectivity index is 1.26. The minimum absolute atomic E-state index is 0.0242. The highest BCUT2D eigenvalue weighted by Crippen LogP contribution is 2.58. The first-order chi connectivity index (χ1) is 20.1. The van der Waals surface area contributed by atoms with Gasteiger partial charge in [-0.15, -0.1) is 0 Å². The lowest BCUT2D eigenvalue weighted by Gasteiger charge is -2.54. The van der Waals surface area contributed by atoms with E-state index in [4.69, 9.17) is 4.52 Å². The molecule has 43 heavy (non-hydrogen) atoms. The summed E-state index contributed by atoms with van der Waals surface area (Å²) in [4.78, 5) is 22.1. The number of β-amino-alcohol motifs (C(OH)–C–C–N with tert-alkyl or cyclic N) is 1. The first-order valence-corrected chi connectivity index (χ1v) is 15.3. The Morgan fingerprint density at radius 2 is 1.63 bits per heavy atom. The highest BCUT2D eigenvalue weighted by atomic mass is 19.1. The fourth-order valence-corrected chi connectivity index (χ4v) is 7.13. The van der Waals surface area contributed by atoms with Gasteiger partial charge in [0.2, 0.25) is 0 Å². The number of rotatable bonds is 7. The number of carbonyl (C=O) groups is 1. The largest absolute Gasteiger partial charge is 0.386 e. The van der Waals surface area contributed by atoms with Gasteiger partial charge in [0.05, 0.1) is 24.3 Å². The van der Waals surface area contributed by atoms with Gasteiger partial charge in [0.15, 0.2) is 11.5 Å². The van der Waals surface area contributed by atoms with Crippen LogP contribution in [-0.2, 0) is 16.7 Å². The molecule has 2 aromatic carbocycles. The van der Waals surface area contributed by atoms with E-state index in [9.17, 15) is 19.4 Å². The zero-order chi connectivity index (χ0) is 30.8. The lowest BCUT2D eigenvalue weighted by Crippen LogP contribution is -2.65. The predicted molar refractivity (Wildman–Crippen MR) is 162 cm³/mol. The molecule has 1 saturated heterocycles. The summed E-state index contributed by atoms with van der Waals surface area (Å²) in [5.41, 5.74) is -0.0798. The third-order valence-electron chi connectivity index (χ3n) is 9.95. The Hall–Kier alpha value is -3.30. The number of halogens is 1. The molecule has 9 heteroatoms.